The largest absolute Gasteiger partial charge is 0.477 e. The van der Waals surface area contributed by atoms with Crippen molar-refractivity contribution in [1.29, 1.82) is 0 Å². The van der Waals surface area contributed by atoms with Gasteiger partial charge in [0.25, 0.3) is 0 Å². The summed E-state index contributed by atoms with van der Waals surface area (Å²) in [4.78, 5) is 12.6. The molecule has 2 fully saturated rings. The number of carbonyl (C=O) groups is 1. The van der Waals surface area contributed by atoms with Crippen molar-refractivity contribution in [2.24, 2.45) is 5.92 Å². The van der Waals surface area contributed by atoms with Gasteiger partial charge in [-0.2, -0.15) is 0 Å². The van der Waals surface area contributed by atoms with Crippen LogP contribution in [-0.4, -0.2) is 22.6 Å². The van der Waals surface area contributed by atoms with Crippen molar-refractivity contribution in [3.8, 4) is 11.5 Å². The highest BCUT2D eigenvalue weighted by molar-refractivity contribution is 14.1. The van der Waals surface area contributed by atoms with Gasteiger partial charge in [-0.25, -0.2) is 0 Å². The van der Waals surface area contributed by atoms with E-state index in [2.05, 4.69) is 6.07 Å². The van der Waals surface area contributed by atoms with Crippen molar-refractivity contribution in [3.63, 3.8) is 0 Å². The predicted octanol–water partition coefficient (Wildman–Crippen LogP) is 2.86. The fourth-order valence-electron chi connectivity index (χ4n) is 5.69. The van der Waals surface area contributed by atoms with Crippen LogP contribution in [-0.2, 0) is 16.6 Å². The van der Waals surface area contributed by atoms with Crippen molar-refractivity contribution < 1.29 is 17.7 Å². The fraction of sp³-hybridized carbons (Fsp3) is 0.588. The zero-order chi connectivity index (χ0) is 15.1. The minimum atomic E-state index is -0.800. The summed E-state index contributed by atoms with van der Waals surface area (Å²) >= 11 is 1.85. The normalized spacial score (nSPS) is 40.9. The van der Waals surface area contributed by atoms with Gasteiger partial charge >= 0.3 is 0 Å². The van der Waals surface area contributed by atoms with E-state index in [0.717, 1.165) is 31.2 Å². The molecule has 116 valence electrons. The smallest absolute Gasteiger partial charge is 0.192 e. The van der Waals surface area contributed by atoms with Crippen LogP contribution < -0.4 is 7.80 Å². The third-order valence-electron chi connectivity index (χ3n) is 6.50. The first kappa shape index (κ1) is 13.6. The molecule has 1 aromatic rings. The lowest BCUT2D eigenvalue weighted by Crippen LogP contribution is -2.69. The van der Waals surface area contributed by atoms with Crippen LogP contribution in [0.4, 0.5) is 0 Å². The van der Waals surface area contributed by atoms with Crippen molar-refractivity contribution in [2.45, 2.75) is 55.6 Å². The van der Waals surface area contributed by atoms with E-state index in [1.165, 1.54) is 5.56 Å². The summed E-state index contributed by atoms with van der Waals surface area (Å²) in [7, 11) is 0. The van der Waals surface area contributed by atoms with Crippen LogP contribution in [0.15, 0.2) is 12.1 Å². The molecule has 1 heterocycles. The van der Waals surface area contributed by atoms with Gasteiger partial charge in [-0.05, 0) is 43.2 Å². The number of Topliss-reactive ketones (excluding diaryl/α,β-unsaturated/α-hetero) is 1. The molecule has 1 spiro atoms. The van der Waals surface area contributed by atoms with Crippen molar-refractivity contribution in [3.05, 3.63) is 23.3 Å². The van der Waals surface area contributed by atoms with Crippen molar-refractivity contribution in [2.75, 3.05) is 0 Å². The zero-order valence-corrected chi connectivity index (χ0v) is 14.3. The summed E-state index contributed by atoms with van der Waals surface area (Å²) in [6, 6.07) is 4.02. The van der Waals surface area contributed by atoms with Crippen LogP contribution in [0.3, 0.4) is 0 Å². The van der Waals surface area contributed by atoms with Crippen LogP contribution in [0, 0.1) is 5.92 Å². The first-order valence-electron chi connectivity index (χ1n) is 7.98. The second kappa shape index (κ2) is 4.17. The summed E-state index contributed by atoms with van der Waals surface area (Å²) in [5, 5.41) is 11.6. The molecule has 1 aliphatic heterocycles. The second-order valence-corrected chi connectivity index (χ2v) is 7.60. The highest BCUT2D eigenvalue weighted by Gasteiger charge is 2.71. The van der Waals surface area contributed by atoms with E-state index in [9.17, 15) is 9.90 Å². The average Bonchev–Trinajstić information content (AvgIpc) is 2.85. The molecule has 0 aromatic heterocycles. The van der Waals surface area contributed by atoms with Crippen molar-refractivity contribution >= 4 is 28.8 Å². The minimum absolute atomic E-state index is 0.133. The van der Waals surface area contributed by atoms with E-state index in [1.54, 1.807) is 0 Å². The van der Waals surface area contributed by atoms with Crippen LogP contribution in [0.1, 0.15) is 43.2 Å². The van der Waals surface area contributed by atoms with E-state index in [4.69, 9.17) is 7.80 Å². The van der Waals surface area contributed by atoms with Gasteiger partial charge in [0.15, 0.2) is 46.4 Å². The third kappa shape index (κ3) is 1.29. The molecule has 1 aromatic carbocycles. The van der Waals surface area contributed by atoms with Gasteiger partial charge < -0.3 is 12.9 Å². The van der Waals surface area contributed by atoms with Gasteiger partial charge in [-0.1, -0.05) is 12.5 Å². The number of ether oxygens (including phenoxy) is 1. The van der Waals surface area contributed by atoms with E-state index in [1.807, 2.05) is 29.1 Å². The Morgan fingerprint density at radius 3 is 3.05 bits per heavy atom. The monoisotopic (exact) mass is 412 g/mol. The van der Waals surface area contributed by atoms with Gasteiger partial charge in [0.05, 0.1) is 11.0 Å². The molecule has 5 heteroatoms. The van der Waals surface area contributed by atoms with Gasteiger partial charge in [0.1, 0.15) is 0 Å². The van der Waals surface area contributed by atoms with Crippen LogP contribution in [0.5, 0.6) is 11.5 Å². The molecule has 1 N–H and O–H groups in total. The molecule has 4 aliphatic rings. The Bertz CT molecular complexity index is 702. The Kier molecular flexibility index (Phi) is 2.58. The summed E-state index contributed by atoms with van der Waals surface area (Å²) in [5.41, 5.74) is 0.961. The number of carbonyl (C=O) groups excluding carboxylic acids is 1. The molecule has 4 atom stereocenters. The maximum Gasteiger partial charge on any atom is 0.192 e. The Morgan fingerprint density at radius 1 is 1.36 bits per heavy atom. The minimum Gasteiger partial charge on any atom is -0.477 e. The number of aliphatic hydroxyl groups is 1. The number of benzene rings is 1. The quantitative estimate of drug-likeness (QED) is 0.721. The van der Waals surface area contributed by atoms with E-state index in [0.29, 0.717) is 24.3 Å². The van der Waals surface area contributed by atoms with Crippen LogP contribution in [0.25, 0.3) is 0 Å². The van der Waals surface area contributed by atoms with Crippen LogP contribution in [0.2, 0.25) is 0 Å². The topological polar surface area (TPSA) is 55.8 Å². The summed E-state index contributed by atoms with van der Waals surface area (Å²) in [5.74, 6) is 1.74. The standard InChI is InChI=1S/C17H17IO4/c18-22-12-4-3-9-8-10-2-1-6-16-13(9)14(12)21-15(16)11(19)5-7-17(10,16)20/h3-4,10,15,20H,1-2,5-8H2/t10-,15+,16+,17-/m1/s1. The molecule has 0 radical (unpaired) electrons. The molecule has 5 rings (SSSR count). The Labute approximate surface area is 142 Å². The highest BCUT2D eigenvalue weighted by Crippen LogP contribution is 2.66. The highest BCUT2D eigenvalue weighted by atomic mass is 127. The van der Waals surface area contributed by atoms with Crippen molar-refractivity contribution in [1.82, 2.24) is 0 Å². The SMILES string of the molecule is O=C1CC[C@@]2(O)[C@@H]3CCC[C@@]24c2c(ccc(OI)c2O[C@@H]14)C3. The van der Waals surface area contributed by atoms with Gasteiger partial charge in [0.2, 0.25) is 0 Å². The number of ketones is 1. The van der Waals surface area contributed by atoms with Gasteiger partial charge in [-0.15, -0.1) is 0 Å². The maximum atomic E-state index is 12.6. The molecule has 2 bridgehead atoms. The predicted molar refractivity (Wildman–Crippen MR) is 87.4 cm³/mol. The molecular weight excluding hydrogens is 395 g/mol. The Balaban J connectivity index is 1.87. The van der Waals surface area contributed by atoms with Gasteiger partial charge in [0, 0.05) is 12.0 Å². The molecule has 4 nitrogen and oxygen atoms in total. The van der Waals surface area contributed by atoms with E-state index < -0.39 is 17.1 Å². The summed E-state index contributed by atoms with van der Waals surface area (Å²) in [6.45, 7) is 0. The Hall–Kier alpha value is -0.820. The molecular formula is C17H17IO4. The molecule has 3 aliphatic carbocycles. The fourth-order valence-corrected chi connectivity index (χ4v) is 6.03. The lowest BCUT2D eigenvalue weighted by Gasteiger charge is -2.59. The lowest BCUT2D eigenvalue weighted by atomic mass is 9.46. The summed E-state index contributed by atoms with van der Waals surface area (Å²) in [6.07, 6.45) is 4.27. The number of hydrogen-bond donors (Lipinski definition) is 1. The Morgan fingerprint density at radius 2 is 2.23 bits per heavy atom. The number of rotatable bonds is 1. The molecule has 2 saturated carbocycles. The van der Waals surface area contributed by atoms with E-state index in [-0.39, 0.29) is 11.7 Å². The van der Waals surface area contributed by atoms with E-state index >= 15 is 0 Å². The molecule has 0 amide bonds. The molecule has 22 heavy (non-hydrogen) atoms. The first-order valence-corrected chi connectivity index (χ1v) is 8.86. The second-order valence-electron chi connectivity index (χ2n) is 7.16. The molecule has 0 unspecified atom stereocenters. The summed E-state index contributed by atoms with van der Waals surface area (Å²) < 4.78 is 11.6. The van der Waals surface area contributed by atoms with Crippen LogP contribution >= 0.6 is 23.0 Å². The number of halogens is 1. The van der Waals surface area contributed by atoms with Gasteiger partial charge in [-0.3, -0.25) is 4.79 Å². The maximum absolute atomic E-state index is 12.6. The first-order chi connectivity index (χ1) is 10.6. The zero-order valence-electron chi connectivity index (χ0n) is 12.1. The third-order valence-corrected chi connectivity index (χ3v) is 6.98. The number of hydrogen-bond acceptors (Lipinski definition) is 4. The molecule has 0 saturated heterocycles. The lowest BCUT2D eigenvalue weighted by molar-refractivity contribution is -0.177. The average molecular weight is 412 g/mol.